The molecule has 0 saturated heterocycles. The van der Waals surface area contributed by atoms with Crippen molar-refractivity contribution in [2.75, 3.05) is 10.6 Å². The smallest absolute Gasteiger partial charge is 0.255 e. The normalized spacial score (nSPS) is 10.2. The lowest BCUT2D eigenvalue weighted by atomic mass is 10.2. The van der Waals surface area contributed by atoms with Gasteiger partial charge in [-0.2, -0.15) is 0 Å². The van der Waals surface area contributed by atoms with E-state index in [0.717, 1.165) is 17.1 Å². The summed E-state index contributed by atoms with van der Waals surface area (Å²) in [7, 11) is 0. The van der Waals surface area contributed by atoms with Crippen molar-refractivity contribution >= 4 is 23.1 Å². The average Bonchev–Trinajstić information content (AvgIpc) is 2.95. The van der Waals surface area contributed by atoms with E-state index in [2.05, 4.69) is 15.8 Å². The average molecular weight is 293 g/mol. The van der Waals surface area contributed by atoms with Crippen molar-refractivity contribution in [2.24, 2.45) is 0 Å². The third-order valence-corrected chi connectivity index (χ3v) is 3.08. The zero-order chi connectivity index (χ0) is 15.4. The number of carbonyl (C=O) groups is 1. The van der Waals surface area contributed by atoms with Gasteiger partial charge in [-0.25, -0.2) is 0 Å². The molecule has 0 spiro atoms. The molecule has 5 nitrogen and oxygen atoms in total. The molecule has 110 valence electrons. The lowest BCUT2D eigenvalue weighted by Gasteiger charge is -2.07. The standard InChI is InChI=1S/C17H15N3O2/c1-12-11-16(20-22-12)18-14-7-9-15(10-8-14)19-17(21)13-5-3-2-4-6-13/h2-11H,1H3,(H,18,20)(H,19,21). The van der Waals surface area contributed by atoms with E-state index in [1.165, 1.54) is 0 Å². The summed E-state index contributed by atoms with van der Waals surface area (Å²) >= 11 is 0. The van der Waals surface area contributed by atoms with Crippen LogP contribution in [0.25, 0.3) is 0 Å². The van der Waals surface area contributed by atoms with E-state index in [-0.39, 0.29) is 5.91 Å². The lowest BCUT2D eigenvalue weighted by Crippen LogP contribution is -2.11. The fourth-order valence-electron chi connectivity index (χ4n) is 2.00. The molecule has 0 aliphatic heterocycles. The Labute approximate surface area is 128 Å². The van der Waals surface area contributed by atoms with Gasteiger partial charge in [0.05, 0.1) is 0 Å². The summed E-state index contributed by atoms with van der Waals surface area (Å²) in [6.45, 7) is 1.83. The van der Waals surface area contributed by atoms with Crippen molar-refractivity contribution in [3.05, 3.63) is 72.0 Å². The topological polar surface area (TPSA) is 67.2 Å². The molecule has 1 heterocycles. The van der Waals surface area contributed by atoms with Crippen molar-refractivity contribution < 1.29 is 9.32 Å². The van der Waals surface area contributed by atoms with E-state index in [9.17, 15) is 4.79 Å². The van der Waals surface area contributed by atoms with Gasteiger partial charge < -0.3 is 15.2 Å². The minimum atomic E-state index is -0.131. The number of aryl methyl sites for hydroxylation is 1. The van der Waals surface area contributed by atoms with E-state index in [4.69, 9.17) is 4.52 Å². The van der Waals surface area contributed by atoms with Gasteiger partial charge in [-0.05, 0) is 43.3 Å². The Kier molecular flexibility index (Phi) is 3.87. The van der Waals surface area contributed by atoms with Crippen LogP contribution in [0.4, 0.5) is 17.2 Å². The highest BCUT2D eigenvalue weighted by Crippen LogP contribution is 2.19. The van der Waals surface area contributed by atoms with Crippen LogP contribution in [-0.2, 0) is 0 Å². The van der Waals surface area contributed by atoms with Gasteiger partial charge in [0.15, 0.2) is 5.82 Å². The van der Waals surface area contributed by atoms with E-state index in [0.29, 0.717) is 11.4 Å². The molecule has 0 atom stereocenters. The van der Waals surface area contributed by atoms with E-state index >= 15 is 0 Å². The van der Waals surface area contributed by atoms with Gasteiger partial charge >= 0.3 is 0 Å². The maximum atomic E-state index is 12.0. The second kappa shape index (κ2) is 6.13. The Balaban J connectivity index is 1.65. The Morgan fingerprint density at radius 3 is 2.32 bits per heavy atom. The third kappa shape index (κ3) is 3.32. The predicted octanol–water partition coefficient (Wildman–Crippen LogP) is 3.98. The van der Waals surface area contributed by atoms with Gasteiger partial charge in [-0.1, -0.05) is 23.4 Å². The summed E-state index contributed by atoms with van der Waals surface area (Å²) < 4.78 is 4.99. The van der Waals surface area contributed by atoms with Gasteiger partial charge in [0, 0.05) is 23.0 Å². The number of hydrogen-bond donors (Lipinski definition) is 2. The molecule has 22 heavy (non-hydrogen) atoms. The lowest BCUT2D eigenvalue weighted by molar-refractivity contribution is 0.102. The first-order chi connectivity index (χ1) is 10.7. The molecule has 0 fully saturated rings. The minimum absolute atomic E-state index is 0.131. The van der Waals surface area contributed by atoms with Crippen LogP contribution in [0.2, 0.25) is 0 Å². The van der Waals surface area contributed by atoms with Gasteiger partial charge in [0.1, 0.15) is 5.76 Å². The summed E-state index contributed by atoms with van der Waals surface area (Å²) in [6.07, 6.45) is 0. The van der Waals surface area contributed by atoms with Gasteiger partial charge in [-0.15, -0.1) is 0 Å². The van der Waals surface area contributed by atoms with Crippen LogP contribution >= 0.6 is 0 Å². The molecule has 1 amide bonds. The summed E-state index contributed by atoms with van der Waals surface area (Å²) in [5.41, 5.74) is 2.23. The second-order valence-electron chi connectivity index (χ2n) is 4.85. The number of carbonyl (C=O) groups excluding carboxylic acids is 1. The van der Waals surface area contributed by atoms with Crippen LogP contribution in [0.3, 0.4) is 0 Å². The number of amides is 1. The first-order valence-corrected chi connectivity index (χ1v) is 6.87. The monoisotopic (exact) mass is 293 g/mol. The molecule has 0 bridgehead atoms. The number of aromatic nitrogens is 1. The Morgan fingerprint density at radius 1 is 1.00 bits per heavy atom. The molecule has 0 unspecified atom stereocenters. The zero-order valence-electron chi connectivity index (χ0n) is 12.0. The minimum Gasteiger partial charge on any atom is -0.360 e. The number of anilines is 3. The fourth-order valence-corrected chi connectivity index (χ4v) is 2.00. The summed E-state index contributed by atoms with van der Waals surface area (Å²) in [5, 5.41) is 9.84. The van der Waals surface area contributed by atoms with Gasteiger partial charge in [0.2, 0.25) is 0 Å². The summed E-state index contributed by atoms with van der Waals surface area (Å²) in [4.78, 5) is 12.0. The van der Waals surface area contributed by atoms with Crippen LogP contribution in [-0.4, -0.2) is 11.1 Å². The number of benzene rings is 2. The van der Waals surface area contributed by atoms with Crippen molar-refractivity contribution in [2.45, 2.75) is 6.92 Å². The van der Waals surface area contributed by atoms with Crippen molar-refractivity contribution in [1.29, 1.82) is 0 Å². The predicted molar refractivity (Wildman–Crippen MR) is 85.4 cm³/mol. The number of hydrogen-bond acceptors (Lipinski definition) is 4. The highest BCUT2D eigenvalue weighted by Gasteiger charge is 2.05. The number of nitrogens with one attached hydrogen (secondary N) is 2. The number of rotatable bonds is 4. The Bertz CT molecular complexity index is 764. The first kappa shape index (κ1) is 13.9. The van der Waals surface area contributed by atoms with E-state index in [1.807, 2.05) is 55.5 Å². The van der Waals surface area contributed by atoms with Gasteiger partial charge in [-0.3, -0.25) is 4.79 Å². The highest BCUT2D eigenvalue weighted by atomic mass is 16.5. The van der Waals surface area contributed by atoms with Crippen molar-refractivity contribution in [3.63, 3.8) is 0 Å². The molecule has 2 aromatic carbocycles. The molecule has 2 N–H and O–H groups in total. The van der Waals surface area contributed by atoms with Crippen LogP contribution in [0, 0.1) is 6.92 Å². The Hall–Kier alpha value is -3.08. The van der Waals surface area contributed by atoms with E-state index < -0.39 is 0 Å². The third-order valence-electron chi connectivity index (χ3n) is 3.08. The molecular formula is C17H15N3O2. The quantitative estimate of drug-likeness (QED) is 0.763. The molecular weight excluding hydrogens is 278 g/mol. The summed E-state index contributed by atoms with van der Waals surface area (Å²) in [5.74, 6) is 1.27. The van der Waals surface area contributed by atoms with Gasteiger partial charge in [0.25, 0.3) is 5.91 Å². The molecule has 3 rings (SSSR count). The van der Waals surface area contributed by atoms with Crippen molar-refractivity contribution in [3.8, 4) is 0 Å². The van der Waals surface area contributed by atoms with Crippen molar-refractivity contribution in [1.82, 2.24) is 5.16 Å². The van der Waals surface area contributed by atoms with Crippen LogP contribution in [0.1, 0.15) is 16.1 Å². The Morgan fingerprint density at radius 2 is 1.68 bits per heavy atom. The van der Waals surface area contributed by atoms with Crippen LogP contribution in [0.15, 0.2) is 65.2 Å². The largest absolute Gasteiger partial charge is 0.360 e. The molecule has 0 aliphatic rings. The number of nitrogens with zero attached hydrogens (tertiary/aromatic N) is 1. The second-order valence-corrected chi connectivity index (χ2v) is 4.85. The first-order valence-electron chi connectivity index (χ1n) is 6.87. The molecule has 0 aliphatic carbocycles. The fraction of sp³-hybridized carbons (Fsp3) is 0.0588. The molecule has 1 aromatic heterocycles. The molecule has 3 aromatic rings. The maximum absolute atomic E-state index is 12.0. The van der Waals surface area contributed by atoms with E-state index in [1.54, 1.807) is 12.1 Å². The molecule has 5 heteroatoms. The van der Waals surface area contributed by atoms with Crippen LogP contribution < -0.4 is 10.6 Å². The zero-order valence-corrected chi connectivity index (χ0v) is 12.0. The maximum Gasteiger partial charge on any atom is 0.255 e. The summed E-state index contributed by atoms with van der Waals surface area (Å²) in [6, 6.07) is 18.3. The SMILES string of the molecule is Cc1cc(Nc2ccc(NC(=O)c3ccccc3)cc2)no1. The highest BCUT2D eigenvalue weighted by molar-refractivity contribution is 6.04. The molecule has 0 radical (unpaired) electrons. The molecule has 0 saturated carbocycles. The van der Waals surface area contributed by atoms with Crippen LogP contribution in [0.5, 0.6) is 0 Å².